The van der Waals surface area contributed by atoms with Crippen LogP contribution in [0.2, 0.25) is 0 Å². The van der Waals surface area contributed by atoms with E-state index in [2.05, 4.69) is 10.6 Å². The summed E-state index contributed by atoms with van der Waals surface area (Å²) in [6.07, 6.45) is -0.216. The first kappa shape index (κ1) is 19.3. The average Bonchev–Trinajstić information content (AvgIpc) is 2.97. The number of thiophene rings is 1. The van der Waals surface area contributed by atoms with Crippen LogP contribution in [-0.2, 0) is 6.54 Å². The van der Waals surface area contributed by atoms with Gasteiger partial charge in [-0.15, -0.1) is 11.3 Å². The lowest BCUT2D eigenvalue weighted by Crippen LogP contribution is -2.35. The van der Waals surface area contributed by atoms with Crippen LogP contribution in [0.4, 0.5) is 19.3 Å². The number of nitrogens with zero attached hydrogens (tertiary/aromatic N) is 1. The molecule has 1 aromatic carbocycles. The second kappa shape index (κ2) is 7.26. The Kier molecular flexibility index (Phi) is 5.19. The molecule has 2 aromatic rings. The van der Waals surface area contributed by atoms with Gasteiger partial charge in [0.15, 0.2) is 0 Å². The highest BCUT2D eigenvalue weighted by Gasteiger charge is 2.67. The SMILES string of the molecule is CN(Cc1ccccc1NC(=O)NCC1(C)CC1(F)F)C(=O)c1cccs1. The molecule has 2 N–H and O–H groups in total. The zero-order chi connectivity index (χ0) is 19.7. The lowest BCUT2D eigenvalue weighted by atomic mass is 10.1. The van der Waals surface area contributed by atoms with Gasteiger partial charge in [0.05, 0.1) is 10.3 Å². The van der Waals surface area contributed by atoms with Crippen molar-refractivity contribution < 1.29 is 18.4 Å². The topological polar surface area (TPSA) is 61.4 Å². The Morgan fingerprint density at radius 2 is 1.93 bits per heavy atom. The van der Waals surface area contributed by atoms with Gasteiger partial charge >= 0.3 is 6.03 Å². The Morgan fingerprint density at radius 3 is 2.56 bits per heavy atom. The first-order valence-electron chi connectivity index (χ1n) is 8.51. The fourth-order valence-electron chi connectivity index (χ4n) is 2.78. The molecule has 144 valence electrons. The van der Waals surface area contributed by atoms with Gasteiger partial charge in [0.25, 0.3) is 11.8 Å². The van der Waals surface area contributed by atoms with Crippen molar-refractivity contribution in [2.24, 2.45) is 5.41 Å². The third-order valence-electron chi connectivity index (χ3n) is 4.76. The standard InChI is InChI=1S/C19H21F2N3O2S/c1-18(11-19(18,20)21)12-22-17(26)23-14-7-4-3-6-13(14)10-24(2)16(25)15-8-5-9-27-15/h3-9H,10-12H2,1-2H3,(H2,22,23,26). The number of alkyl halides is 2. The van der Waals surface area contributed by atoms with E-state index in [0.29, 0.717) is 17.1 Å². The summed E-state index contributed by atoms with van der Waals surface area (Å²) in [4.78, 5) is 26.7. The Balaban J connectivity index is 1.60. The number of hydrogen-bond donors (Lipinski definition) is 2. The predicted molar refractivity (Wildman–Crippen MR) is 101 cm³/mol. The summed E-state index contributed by atoms with van der Waals surface area (Å²) < 4.78 is 26.5. The normalized spacial score (nSPS) is 20.0. The van der Waals surface area contributed by atoms with Gasteiger partial charge in [-0.1, -0.05) is 31.2 Å². The molecule has 0 spiro atoms. The number of urea groups is 1. The number of benzene rings is 1. The number of hydrogen-bond acceptors (Lipinski definition) is 3. The summed E-state index contributed by atoms with van der Waals surface area (Å²) in [6, 6.07) is 10.1. The van der Waals surface area contributed by atoms with E-state index in [-0.39, 0.29) is 18.9 Å². The van der Waals surface area contributed by atoms with Crippen LogP contribution in [0.25, 0.3) is 0 Å². The van der Waals surface area contributed by atoms with E-state index < -0.39 is 17.4 Å². The molecule has 1 aliphatic carbocycles. The molecule has 5 nitrogen and oxygen atoms in total. The lowest BCUT2D eigenvalue weighted by molar-refractivity contribution is 0.0708. The quantitative estimate of drug-likeness (QED) is 0.773. The number of amides is 3. The number of carbonyl (C=O) groups is 2. The molecule has 1 heterocycles. The summed E-state index contributed by atoms with van der Waals surface area (Å²) in [6.45, 7) is 1.67. The van der Waals surface area contributed by atoms with Crippen molar-refractivity contribution in [3.63, 3.8) is 0 Å². The first-order chi connectivity index (χ1) is 12.7. The highest BCUT2D eigenvalue weighted by atomic mass is 32.1. The molecule has 1 fully saturated rings. The van der Waals surface area contributed by atoms with Gasteiger partial charge in [-0.25, -0.2) is 13.6 Å². The third kappa shape index (κ3) is 4.27. The Morgan fingerprint density at radius 1 is 1.22 bits per heavy atom. The third-order valence-corrected chi connectivity index (χ3v) is 5.62. The largest absolute Gasteiger partial charge is 0.337 e. The number of para-hydroxylation sites is 1. The molecule has 3 rings (SSSR count). The van der Waals surface area contributed by atoms with E-state index >= 15 is 0 Å². The number of nitrogens with one attached hydrogen (secondary N) is 2. The van der Waals surface area contributed by atoms with Crippen LogP contribution in [-0.4, -0.2) is 36.4 Å². The van der Waals surface area contributed by atoms with Crippen LogP contribution in [0.5, 0.6) is 0 Å². The predicted octanol–water partition coefficient (Wildman–Crippen LogP) is 4.19. The molecule has 0 aliphatic heterocycles. The number of anilines is 1. The van der Waals surface area contributed by atoms with Crippen molar-refractivity contribution in [2.45, 2.75) is 25.8 Å². The zero-order valence-electron chi connectivity index (χ0n) is 15.1. The van der Waals surface area contributed by atoms with E-state index in [1.165, 1.54) is 18.3 Å². The van der Waals surface area contributed by atoms with E-state index in [1.54, 1.807) is 30.1 Å². The van der Waals surface area contributed by atoms with Gasteiger partial charge in [0.1, 0.15) is 0 Å². The lowest BCUT2D eigenvalue weighted by Gasteiger charge is -2.19. The highest BCUT2D eigenvalue weighted by Crippen LogP contribution is 2.59. The van der Waals surface area contributed by atoms with Crippen molar-refractivity contribution in [3.8, 4) is 0 Å². The first-order valence-corrected chi connectivity index (χ1v) is 9.39. The Hall–Kier alpha value is -2.48. The van der Waals surface area contributed by atoms with Gasteiger partial charge in [-0.05, 0) is 23.1 Å². The molecule has 1 aliphatic rings. The molecule has 1 atom stereocenters. The second-order valence-electron chi connectivity index (χ2n) is 7.05. The molecule has 3 amide bonds. The Labute approximate surface area is 160 Å². The summed E-state index contributed by atoms with van der Waals surface area (Å²) >= 11 is 1.37. The van der Waals surface area contributed by atoms with Crippen molar-refractivity contribution in [1.82, 2.24) is 10.2 Å². The van der Waals surface area contributed by atoms with Gasteiger partial charge < -0.3 is 15.5 Å². The fourth-order valence-corrected chi connectivity index (χ4v) is 3.49. The molecule has 1 aromatic heterocycles. The minimum absolute atomic E-state index is 0.0925. The van der Waals surface area contributed by atoms with E-state index in [9.17, 15) is 18.4 Å². The van der Waals surface area contributed by atoms with Crippen LogP contribution in [0, 0.1) is 5.41 Å². The van der Waals surface area contributed by atoms with Gasteiger partial charge in [0, 0.05) is 32.2 Å². The molecule has 8 heteroatoms. The second-order valence-corrected chi connectivity index (χ2v) is 7.99. The molecule has 1 saturated carbocycles. The maximum Gasteiger partial charge on any atom is 0.319 e. The number of halogens is 2. The maximum atomic E-state index is 13.2. The zero-order valence-corrected chi connectivity index (χ0v) is 15.9. The van der Waals surface area contributed by atoms with Crippen LogP contribution in [0.15, 0.2) is 41.8 Å². The maximum absolute atomic E-state index is 13.2. The minimum atomic E-state index is -2.72. The van der Waals surface area contributed by atoms with Gasteiger partial charge in [0.2, 0.25) is 0 Å². The van der Waals surface area contributed by atoms with Gasteiger partial charge in [-0.2, -0.15) is 0 Å². The number of rotatable bonds is 6. The summed E-state index contributed by atoms with van der Waals surface area (Å²) in [5, 5.41) is 7.03. The monoisotopic (exact) mass is 393 g/mol. The van der Waals surface area contributed by atoms with Crippen molar-refractivity contribution in [3.05, 3.63) is 52.2 Å². The van der Waals surface area contributed by atoms with Crippen molar-refractivity contribution in [1.29, 1.82) is 0 Å². The van der Waals surface area contributed by atoms with Gasteiger partial charge in [-0.3, -0.25) is 4.79 Å². The molecule has 1 unspecified atom stereocenters. The van der Waals surface area contributed by atoms with Crippen LogP contribution in [0.3, 0.4) is 0 Å². The van der Waals surface area contributed by atoms with Crippen LogP contribution >= 0.6 is 11.3 Å². The molecular formula is C19H21F2N3O2S. The minimum Gasteiger partial charge on any atom is -0.337 e. The molecule has 0 saturated heterocycles. The Bertz CT molecular complexity index is 841. The molecule has 27 heavy (non-hydrogen) atoms. The summed E-state index contributed by atoms with van der Waals surface area (Å²) in [7, 11) is 1.69. The van der Waals surface area contributed by atoms with Crippen molar-refractivity contribution >= 4 is 29.0 Å². The molecule has 0 bridgehead atoms. The van der Waals surface area contributed by atoms with Crippen molar-refractivity contribution in [2.75, 3.05) is 18.9 Å². The highest BCUT2D eigenvalue weighted by molar-refractivity contribution is 7.12. The molecular weight excluding hydrogens is 372 g/mol. The average molecular weight is 393 g/mol. The van der Waals surface area contributed by atoms with Crippen LogP contribution in [0.1, 0.15) is 28.6 Å². The van der Waals surface area contributed by atoms with E-state index in [1.807, 2.05) is 23.6 Å². The summed E-state index contributed by atoms with van der Waals surface area (Å²) in [5.41, 5.74) is 0.119. The molecule has 0 radical (unpaired) electrons. The number of carbonyl (C=O) groups excluding carboxylic acids is 2. The summed E-state index contributed by atoms with van der Waals surface area (Å²) in [5.74, 6) is -2.82. The smallest absolute Gasteiger partial charge is 0.319 e. The van der Waals surface area contributed by atoms with Crippen LogP contribution < -0.4 is 10.6 Å². The van der Waals surface area contributed by atoms with E-state index in [0.717, 1.165) is 5.56 Å². The fraction of sp³-hybridized carbons (Fsp3) is 0.368. The van der Waals surface area contributed by atoms with E-state index in [4.69, 9.17) is 0 Å².